The molecule has 2 unspecified atom stereocenters. The zero-order valence-corrected chi connectivity index (χ0v) is 31.9. The highest BCUT2D eigenvalue weighted by atomic mass is 16.5. The largest absolute Gasteiger partial charge is 0.497 e. The van der Waals surface area contributed by atoms with Crippen LogP contribution in [0.3, 0.4) is 0 Å². The van der Waals surface area contributed by atoms with Gasteiger partial charge in [0.05, 0.1) is 18.9 Å². The van der Waals surface area contributed by atoms with Crippen LogP contribution in [0.4, 0.5) is 0 Å². The first-order chi connectivity index (χ1) is 23.4. The Morgan fingerprint density at radius 1 is 0.600 bits per heavy atom. The van der Waals surface area contributed by atoms with Gasteiger partial charge in [-0.3, -0.25) is 9.59 Å². The van der Waals surface area contributed by atoms with Gasteiger partial charge < -0.3 is 18.9 Å². The molecule has 266 valence electrons. The number of aryl methyl sites for hydroxylation is 2. The highest BCUT2D eigenvalue weighted by molar-refractivity contribution is 5.76. The van der Waals surface area contributed by atoms with Gasteiger partial charge >= 0.3 is 11.9 Å². The van der Waals surface area contributed by atoms with Crippen molar-refractivity contribution in [3.8, 4) is 23.0 Å². The van der Waals surface area contributed by atoms with Crippen LogP contribution in [0.1, 0.15) is 102 Å². The minimum absolute atomic E-state index is 0.195. The number of hydrogen-bond acceptors (Lipinski definition) is 6. The molecule has 0 saturated carbocycles. The maximum absolute atomic E-state index is 13.5. The van der Waals surface area contributed by atoms with Gasteiger partial charge in [0, 0.05) is 10.8 Å². The standard InChI is InChI=1S/C44H54O6/c1-13-44(11,31(6)41(46)48-37-22-16-33(17-23-37)42(7,8)32-14-20-36(47-12)21-15-32)50-39-25-19-35(27-30(39)5)43(9,10)34-18-24-38(29(4)26-34)49-40(45)28(2)3/h14-28,31H,13H2,1-12H3. The fourth-order valence-corrected chi connectivity index (χ4v) is 5.98. The number of methoxy groups -OCH3 is 1. The van der Waals surface area contributed by atoms with E-state index in [9.17, 15) is 9.59 Å². The highest BCUT2D eigenvalue weighted by Crippen LogP contribution is 2.38. The van der Waals surface area contributed by atoms with Gasteiger partial charge in [-0.2, -0.15) is 0 Å². The van der Waals surface area contributed by atoms with Gasteiger partial charge in [0.15, 0.2) is 0 Å². The van der Waals surface area contributed by atoms with Crippen molar-refractivity contribution in [1.29, 1.82) is 0 Å². The molecular weight excluding hydrogens is 624 g/mol. The van der Waals surface area contributed by atoms with Crippen LogP contribution in [0.25, 0.3) is 0 Å². The maximum Gasteiger partial charge on any atom is 0.318 e. The molecule has 4 aromatic carbocycles. The van der Waals surface area contributed by atoms with Crippen LogP contribution in [0, 0.1) is 25.7 Å². The normalized spacial score (nSPS) is 13.7. The van der Waals surface area contributed by atoms with Crippen molar-refractivity contribution in [3.63, 3.8) is 0 Å². The first-order valence-electron chi connectivity index (χ1n) is 17.5. The van der Waals surface area contributed by atoms with E-state index < -0.39 is 11.5 Å². The first-order valence-corrected chi connectivity index (χ1v) is 17.5. The lowest BCUT2D eigenvalue weighted by Crippen LogP contribution is -2.44. The number of carbonyl (C=O) groups is 2. The van der Waals surface area contributed by atoms with Crippen LogP contribution in [-0.4, -0.2) is 24.6 Å². The van der Waals surface area contributed by atoms with Gasteiger partial charge in [0.1, 0.15) is 28.6 Å². The van der Waals surface area contributed by atoms with Crippen LogP contribution in [0.2, 0.25) is 0 Å². The molecule has 0 heterocycles. The molecule has 0 aliphatic heterocycles. The molecule has 0 radical (unpaired) electrons. The number of esters is 2. The second-order valence-corrected chi connectivity index (χ2v) is 15.0. The molecular formula is C44H54O6. The van der Waals surface area contributed by atoms with Gasteiger partial charge in [-0.05, 0) is 104 Å². The number of benzene rings is 4. The van der Waals surface area contributed by atoms with Crippen LogP contribution >= 0.6 is 0 Å². The topological polar surface area (TPSA) is 71.1 Å². The molecule has 6 nitrogen and oxygen atoms in total. The Labute approximate surface area is 299 Å². The highest BCUT2D eigenvalue weighted by Gasteiger charge is 2.39. The molecule has 4 aromatic rings. The number of ether oxygens (including phenoxy) is 4. The molecule has 0 aromatic heterocycles. The van der Waals surface area contributed by atoms with Crippen molar-refractivity contribution >= 4 is 11.9 Å². The Morgan fingerprint density at radius 3 is 1.48 bits per heavy atom. The van der Waals surface area contributed by atoms with E-state index in [1.54, 1.807) is 7.11 Å². The van der Waals surface area contributed by atoms with Crippen molar-refractivity contribution < 1.29 is 28.5 Å². The second-order valence-electron chi connectivity index (χ2n) is 15.0. The Morgan fingerprint density at radius 2 is 1.04 bits per heavy atom. The molecule has 0 amide bonds. The molecule has 0 aliphatic rings. The summed E-state index contributed by atoms with van der Waals surface area (Å²) >= 11 is 0. The minimum Gasteiger partial charge on any atom is -0.497 e. The minimum atomic E-state index is -0.796. The summed E-state index contributed by atoms with van der Waals surface area (Å²) in [6, 6.07) is 28.0. The quantitative estimate of drug-likeness (QED) is 0.104. The van der Waals surface area contributed by atoms with E-state index in [4.69, 9.17) is 18.9 Å². The lowest BCUT2D eigenvalue weighted by molar-refractivity contribution is -0.145. The Bertz CT molecular complexity index is 1800. The summed E-state index contributed by atoms with van der Waals surface area (Å²) < 4.78 is 23.4. The predicted molar refractivity (Wildman–Crippen MR) is 201 cm³/mol. The van der Waals surface area contributed by atoms with E-state index in [0.717, 1.165) is 44.9 Å². The molecule has 0 aliphatic carbocycles. The molecule has 2 atom stereocenters. The summed E-state index contributed by atoms with van der Waals surface area (Å²) in [5.74, 6) is 1.31. The third-order valence-corrected chi connectivity index (χ3v) is 10.4. The van der Waals surface area contributed by atoms with Crippen molar-refractivity contribution in [2.75, 3.05) is 7.11 Å². The third kappa shape index (κ3) is 8.23. The van der Waals surface area contributed by atoms with Gasteiger partial charge in [-0.1, -0.05) is 97.0 Å². The average molecular weight is 679 g/mol. The third-order valence-electron chi connectivity index (χ3n) is 10.4. The Hall–Kier alpha value is -4.58. The van der Waals surface area contributed by atoms with Gasteiger partial charge in [0.2, 0.25) is 0 Å². The predicted octanol–water partition coefficient (Wildman–Crippen LogP) is 10.3. The zero-order chi connectivity index (χ0) is 37.0. The Balaban J connectivity index is 1.46. The molecule has 0 saturated heterocycles. The van der Waals surface area contributed by atoms with E-state index in [2.05, 4.69) is 58.0 Å². The summed E-state index contributed by atoms with van der Waals surface area (Å²) in [7, 11) is 1.66. The Kier molecular flexibility index (Phi) is 11.6. The summed E-state index contributed by atoms with van der Waals surface area (Å²) in [4.78, 5) is 25.7. The molecule has 0 fully saturated rings. The van der Waals surface area contributed by atoms with Crippen molar-refractivity contribution in [3.05, 3.63) is 118 Å². The molecule has 6 heteroatoms. The first kappa shape index (κ1) is 38.2. The van der Waals surface area contributed by atoms with Crippen LogP contribution in [0.5, 0.6) is 23.0 Å². The van der Waals surface area contributed by atoms with E-state index in [0.29, 0.717) is 17.9 Å². The van der Waals surface area contributed by atoms with E-state index in [1.807, 2.05) is 103 Å². The van der Waals surface area contributed by atoms with Crippen LogP contribution in [-0.2, 0) is 20.4 Å². The van der Waals surface area contributed by atoms with Crippen LogP contribution < -0.4 is 18.9 Å². The molecule has 50 heavy (non-hydrogen) atoms. The molecule has 4 rings (SSSR count). The van der Waals surface area contributed by atoms with Gasteiger partial charge in [-0.25, -0.2) is 0 Å². The second kappa shape index (κ2) is 15.1. The van der Waals surface area contributed by atoms with Crippen molar-refractivity contribution in [1.82, 2.24) is 0 Å². The fourth-order valence-electron chi connectivity index (χ4n) is 5.98. The summed E-state index contributed by atoms with van der Waals surface area (Å²) in [5, 5.41) is 0. The van der Waals surface area contributed by atoms with Crippen molar-refractivity contribution in [2.45, 2.75) is 99.0 Å². The summed E-state index contributed by atoms with van der Waals surface area (Å²) in [6.45, 7) is 22.2. The van der Waals surface area contributed by atoms with Gasteiger partial charge in [-0.15, -0.1) is 0 Å². The fraction of sp³-hybridized carbons (Fsp3) is 0.409. The smallest absolute Gasteiger partial charge is 0.318 e. The van der Waals surface area contributed by atoms with Crippen molar-refractivity contribution in [2.24, 2.45) is 11.8 Å². The number of rotatable bonds is 13. The average Bonchev–Trinajstić information content (AvgIpc) is 3.09. The van der Waals surface area contributed by atoms with E-state index in [-0.39, 0.29) is 28.7 Å². The maximum atomic E-state index is 13.5. The molecule has 0 bridgehead atoms. The zero-order valence-electron chi connectivity index (χ0n) is 31.9. The number of hydrogen-bond donors (Lipinski definition) is 0. The summed E-state index contributed by atoms with van der Waals surface area (Å²) in [5.41, 5.74) is 5.03. The molecule has 0 N–H and O–H groups in total. The monoisotopic (exact) mass is 678 g/mol. The van der Waals surface area contributed by atoms with Gasteiger partial charge in [0.25, 0.3) is 0 Å². The van der Waals surface area contributed by atoms with E-state index in [1.165, 1.54) is 0 Å². The number of carbonyl (C=O) groups excluding carboxylic acids is 2. The molecule has 0 spiro atoms. The summed E-state index contributed by atoms with van der Waals surface area (Å²) in [6.07, 6.45) is 0.609. The lowest BCUT2D eigenvalue weighted by atomic mass is 9.77. The van der Waals surface area contributed by atoms with Crippen LogP contribution in [0.15, 0.2) is 84.9 Å². The SMILES string of the molecule is CCC(C)(Oc1ccc(C(C)(C)c2ccc(OC(=O)C(C)C)c(C)c2)cc1C)C(C)C(=O)Oc1ccc(C(C)(C)c2ccc(OC)cc2)cc1. The van der Waals surface area contributed by atoms with E-state index >= 15 is 0 Å². The lowest BCUT2D eigenvalue weighted by Gasteiger charge is -2.35.